The molecule has 1 aromatic heterocycles. The monoisotopic (exact) mass is 270 g/mol. The van der Waals surface area contributed by atoms with E-state index in [0.29, 0.717) is 17.2 Å². The summed E-state index contributed by atoms with van der Waals surface area (Å²) in [5, 5.41) is 3.58. The van der Waals surface area contributed by atoms with Crippen molar-refractivity contribution in [2.24, 2.45) is 5.41 Å². The van der Waals surface area contributed by atoms with Crippen LogP contribution in [-0.2, 0) is 0 Å². The molecule has 0 aliphatic rings. The van der Waals surface area contributed by atoms with E-state index in [9.17, 15) is 0 Å². The second kappa shape index (κ2) is 4.92. The van der Waals surface area contributed by atoms with Crippen molar-refractivity contribution in [3.8, 4) is 0 Å². The van der Waals surface area contributed by atoms with E-state index in [4.69, 9.17) is 17.3 Å². The van der Waals surface area contributed by atoms with E-state index in [-0.39, 0.29) is 16.2 Å². The standard InChI is InChI=1S/C13H23ClN4/c1-8-9(15)10(17-11(14)16-8)18-13(5,6)7-12(2,3)4/h7,15H2,1-6H3,(H,16,17,18). The van der Waals surface area contributed by atoms with Gasteiger partial charge in [0.15, 0.2) is 5.82 Å². The average molecular weight is 271 g/mol. The number of aryl methyl sites for hydroxylation is 1. The van der Waals surface area contributed by atoms with Crippen LogP contribution >= 0.6 is 11.6 Å². The Morgan fingerprint density at radius 1 is 1.17 bits per heavy atom. The zero-order valence-electron chi connectivity index (χ0n) is 12.1. The summed E-state index contributed by atoms with van der Waals surface area (Å²) in [5.41, 5.74) is 7.34. The Hall–Kier alpha value is -1.03. The van der Waals surface area contributed by atoms with Crippen LogP contribution in [0.1, 0.15) is 46.7 Å². The molecule has 5 heteroatoms. The van der Waals surface area contributed by atoms with Gasteiger partial charge in [0.05, 0.1) is 11.4 Å². The molecule has 1 aromatic rings. The molecule has 18 heavy (non-hydrogen) atoms. The van der Waals surface area contributed by atoms with Gasteiger partial charge in [0, 0.05) is 5.54 Å². The number of rotatable bonds is 3. The quantitative estimate of drug-likeness (QED) is 0.823. The number of nitrogens with two attached hydrogens (primary N) is 1. The van der Waals surface area contributed by atoms with Crippen LogP contribution < -0.4 is 11.1 Å². The molecule has 102 valence electrons. The molecule has 3 N–H and O–H groups in total. The van der Waals surface area contributed by atoms with E-state index in [1.165, 1.54) is 0 Å². The molecule has 0 fully saturated rings. The molecule has 4 nitrogen and oxygen atoms in total. The molecule has 0 spiro atoms. The summed E-state index contributed by atoms with van der Waals surface area (Å²) in [5.74, 6) is 0.613. The highest BCUT2D eigenvalue weighted by Gasteiger charge is 2.26. The minimum Gasteiger partial charge on any atom is -0.394 e. The fraction of sp³-hybridized carbons (Fsp3) is 0.692. The lowest BCUT2D eigenvalue weighted by molar-refractivity contribution is 0.302. The number of anilines is 2. The fourth-order valence-electron chi connectivity index (χ4n) is 2.33. The van der Waals surface area contributed by atoms with Crippen molar-refractivity contribution in [3.05, 3.63) is 11.0 Å². The predicted octanol–water partition coefficient (Wildman–Crippen LogP) is 3.65. The number of nitrogens with zero attached hydrogens (tertiary/aromatic N) is 2. The third-order valence-electron chi connectivity index (χ3n) is 2.54. The molecular weight excluding hydrogens is 248 g/mol. The minimum absolute atomic E-state index is 0.115. The van der Waals surface area contributed by atoms with E-state index in [1.54, 1.807) is 0 Å². The SMILES string of the molecule is Cc1nc(Cl)nc(NC(C)(C)CC(C)(C)C)c1N. The van der Waals surface area contributed by atoms with Gasteiger partial charge in [-0.3, -0.25) is 0 Å². The van der Waals surface area contributed by atoms with Gasteiger partial charge in [0.2, 0.25) is 5.28 Å². The molecular formula is C13H23ClN4. The molecule has 0 aliphatic heterocycles. The van der Waals surface area contributed by atoms with Gasteiger partial charge in [-0.15, -0.1) is 0 Å². The van der Waals surface area contributed by atoms with E-state index in [0.717, 1.165) is 6.42 Å². The topological polar surface area (TPSA) is 63.8 Å². The van der Waals surface area contributed by atoms with E-state index < -0.39 is 0 Å². The van der Waals surface area contributed by atoms with Crippen LogP contribution in [0.15, 0.2) is 0 Å². The smallest absolute Gasteiger partial charge is 0.224 e. The third kappa shape index (κ3) is 4.33. The molecule has 0 saturated heterocycles. The summed E-state index contributed by atoms with van der Waals surface area (Å²) < 4.78 is 0. The van der Waals surface area contributed by atoms with Crippen LogP contribution in [0.25, 0.3) is 0 Å². The van der Waals surface area contributed by atoms with Crippen LogP contribution in [-0.4, -0.2) is 15.5 Å². The Labute approximate surface area is 114 Å². The Bertz CT molecular complexity index is 435. The molecule has 1 rings (SSSR count). The van der Waals surface area contributed by atoms with Gasteiger partial charge in [-0.2, -0.15) is 4.98 Å². The number of hydrogen-bond acceptors (Lipinski definition) is 4. The van der Waals surface area contributed by atoms with Gasteiger partial charge in [0.25, 0.3) is 0 Å². The highest BCUT2D eigenvalue weighted by molar-refractivity contribution is 6.28. The molecule has 0 saturated carbocycles. The van der Waals surface area contributed by atoms with Crippen molar-refractivity contribution < 1.29 is 0 Å². The first-order valence-electron chi connectivity index (χ1n) is 6.08. The van der Waals surface area contributed by atoms with E-state index in [1.807, 2.05) is 6.92 Å². The maximum atomic E-state index is 5.98. The maximum absolute atomic E-state index is 5.98. The zero-order valence-corrected chi connectivity index (χ0v) is 12.8. The predicted molar refractivity (Wildman–Crippen MR) is 78.0 cm³/mol. The maximum Gasteiger partial charge on any atom is 0.224 e. The molecule has 0 radical (unpaired) electrons. The lowest BCUT2D eigenvalue weighted by Crippen LogP contribution is -2.36. The highest BCUT2D eigenvalue weighted by Crippen LogP contribution is 2.31. The molecule has 0 amide bonds. The van der Waals surface area contributed by atoms with Crippen LogP contribution in [0.5, 0.6) is 0 Å². The van der Waals surface area contributed by atoms with Crippen molar-refractivity contribution in [1.82, 2.24) is 9.97 Å². The third-order valence-corrected chi connectivity index (χ3v) is 2.71. The van der Waals surface area contributed by atoms with Gasteiger partial charge in [0.1, 0.15) is 0 Å². The van der Waals surface area contributed by atoms with Crippen LogP contribution in [0.2, 0.25) is 5.28 Å². The van der Waals surface area contributed by atoms with Crippen molar-refractivity contribution in [3.63, 3.8) is 0 Å². The zero-order chi connectivity index (χ0) is 14.1. The van der Waals surface area contributed by atoms with Gasteiger partial charge in [-0.1, -0.05) is 20.8 Å². The van der Waals surface area contributed by atoms with Gasteiger partial charge in [-0.05, 0) is 44.2 Å². The summed E-state index contributed by atoms with van der Waals surface area (Å²) in [6.45, 7) is 12.7. The summed E-state index contributed by atoms with van der Waals surface area (Å²) >= 11 is 5.87. The van der Waals surface area contributed by atoms with Gasteiger partial charge >= 0.3 is 0 Å². The number of halogens is 1. The molecule has 0 aromatic carbocycles. The first-order valence-corrected chi connectivity index (χ1v) is 6.46. The second-order valence-electron chi connectivity index (χ2n) is 6.59. The molecule has 0 bridgehead atoms. The summed E-state index contributed by atoms with van der Waals surface area (Å²) in [6.07, 6.45) is 0.986. The van der Waals surface area contributed by atoms with Crippen molar-refractivity contribution in [2.45, 2.75) is 53.5 Å². The van der Waals surface area contributed by atoms with Crippen molar-refractivity contribution in [1.29, 1.82) is 0 Å². The Balaban J connectivity index is 2.97. The van der Waals surface area contributed by atoms with Crippen molar-refractivity contribution >= 4 is 23.1 Å². The largest absolute Gasteiger partial charge is 0.394 e. The lowest BCUT2D eigenvalue weighted by Gasteiger charge is -2.34. The Kier molecular flexibility index (Phi) is 4.11. The summed E-state index contributed by atoms with van der Waals surface area (Å²) in [4.78, 5) is 8.19. The van der Waals surface area contributed by atoms with E-state index in [2.05, 4.69) is 49.9 Å². The Morgan fingerprint density at radius 3 is 2.22 bits per heavy atom. The average Bonchev–Trinajstić information content (AvgIpc) is 2.08. The van der Waals surface area contributed by atoms with Crippen LogP contribution in [0.4, 0.5) is 11.5 Å². The normalized spacial score (nSPS) is 12.6. The number of aromatic nitrogens is 2. The molecule has 1 heterocycles. The molecule has 0 atom stereocenters. The first kappa shape index (κ1) is 15.0. The fourth-order valence-corrected chi connectivity index (χ4v) is 2.54. The number of hydrogen-bond donors (Lipinski definition) is 2. The van der Waals surface area contributed by atoms with Gasteiger partial charge < -0.3 is 11.1 Å². The molecule has 0 aliphatic carbocycles. The Morgan fingerprint density at radius 2 is 1.72 bits per heavy atom. The van der Waals surface area contributed by atoms with Crippen molar-refractivity contribution in [2.75, 3.05) is 11.1 Å². The van der Waals surface area contributed by atoms with Gasteiger partial charge in [-0.25, -0.2) is 4.98 Å². The number of nitrogen functional groups attached to an aromatic ring is 1. The van der Waals surface area contributed by atoms with Crippen LogP contribution in [0, 0.1) is 12.3 Å². The molecule has 0 unspecified atom stereocenters. The lowest BCUT2D eigenvalue weighted by atomic mass is 9.82. The summed E-state index contributed by atoms with van der Waals surface area (Å²) in [7, 11) is 0. The number of nitrogens with one attached hydrogen (secondary N) is 1. The van der Waals surface area contributed by atoms with E-state index >= 15 is 0 Å². The minimum atomic E-state index is -0.115. The highest BCUT2D eigenvalue weighted by atomic mass is 35.5. The summed E-state index contributed by atoms with van der Waals surface area (Å²) in [6, 6.07) is 0. The first-order chi connectivity index (χ1) is 8.00. The van der Waals surface area contributed by atoms with Crippen LogP contribution in [0.3, 0.4) is 0 Å². The second-order valence-corrected chi connectivity index (χ2v) is 6.92.